The summed E-state index contributed by atoms with van der Waals surface area (Å²) in [6.45, 7) is 3.61. The maximum Gasteiger partial charge on any atom is 0.413 e. The molecule has 0 aliphatic carbocycles. The Morgan fingerprint density at radius 1 is 0.878 bits per heavy atom. The van der Waals surface area contributed by atoms with Crippen LogP contribution in [-0.4, -0.2) is 54.4 Å². The van der Waals surface area contributed by atoms with Gasteiger partial charge in [0, 0.05) is 67.5 Å². The number of alkyl halides is 3. The molecule has 0 saturated carbocycles. The molecule has 3 amide bonds. The minimum absolute atomic E-state index is 0.0448. The second-order valence-corrected chi connectivity index (χ2v) is 15.1. The van der Waals surface area contributed by atoms with E-state index in [1.54, 1.807) is 36.2 Å². The number of fused-ring (bicyclic) bond motifs is 3. The third-order valence-electron chi connectivity index (χ3n) is 9.82. The van der Waals surface area contributed by atoms with Crippen LogP contribution in [0.15, 0.2) is 66.7 Å². The van der Waals surface area contributed by atoms with Crippen molar-refractivity contribution >= 4 is 58.4 Å². The number of nitrogens with zero attached hydrogens (tertiary/aromatic N) is 4. The fourth-order valence-corrected chi connectivity index (χ4v) is 7.49. The number of rotatable bonds is 4. The Hall–Kier alpha value is -4.18. The van der Waals surface area contributed by atoms with Crippen molar-refractivity contribution in [2.45, 2.75) is 68.8 Å². The molecule has 7 rings (SSSR count). The van der Waals surface area contributed by atoms with Crippen LogP contribution in [0.1, 0.15) is 68.4 Å². The number of carbonyl (C=O) groups excluding carboxylic acids is 3. The molecule has 9 nitrogen and oxygen atoms in total. The maximum atomic E-state index is 14.7. The molecule has 0 fully saturated rings. The summed E-state index contributed by atoms with van der Waals surface area (Å²) in [5.74, 6) is -0.186. The van der Waals surface area contributed by atoms with E-state index in [0.717, 1.165) is 53.8 Å². The number of carbonyl (C=O) groups is 3. The predicted molar refractivity (Wildman–Crippen MR) is 189 cm³/mol. The van der Waals surface area contributed by atoms with Crippen LogP contribution in [0.4, 0.5) is 10.5 Å². The van der Waals surface area contributed by atoms with E-state index in [1.807, 2.05) is 35.2 Å². The van der Waals surface area contributed by atoms with Crippen molar-refractivity contribution in [3.8, 4) is 17.0 Å². The van der Waals surface area contributed by atoms with E-state index < -0.39 is 10.1 Å². The van der Waals surface area contributed by atoms with Gasteiger partial charge in [0.1, 0.15) is 5.75 Å². The van der Waals surface area contributed by atoms with Crippen LogP contribution in [0.3, 0.4) is 0 Å². The van der Waals surface area contributed by atoms with Crippen LogP contribution >= 0.6 is 34.8 Å². The van der Waals surface area contributed by atoms with Crippen molar-refractivity contribution in [3.05, 3.63) is 106 Å². The maximum absolute atomic E-state index is 14.7. The number of hydrogen-bond acceptors (Lipinski definition) is 5. The number of phenols is 1. The molecule has 1 aromatic heterocycles. The van der Waals surface area contributed by atoms with Gasteiger partial charge < -0.3 is 24.2 Å². The standard InChI is InChI=1S/C37H35Cl3N4O5/c1-22-15-23-7-3-4-8-24(23)21-44(22)35(47)30-17-26-20-42(36(48)49-37(38,39)40)19-25(26)16-29(30)33-18-31(32-9-5-6-14-43(32)33)34(46)41(2)27-10-12-28(45)13-11-27/h3-4,7-8,10-13,16-18,22,45H,5-6,9,14-15,19-21H2,1-2H3/t22-/m1/s1. The second kappa shape index (κ2) is 12.9. The summed E-state index contributed by atoms with van der Waals surface area (Å²) in [4.78, 5) is 46.6. The Morgan fingerprint density at radius 2 is 1.57 bits per heavy atom. The number of ether oxygens (including phenoxy) is 1. The third-order valence-corrected chi connectivity index (χ3v) is 10.1. The number of anilines is 1. The Labute approximate surface area is 299 Å². The number of hydrogen-bond donors (Lipinski definition) is 1. The highest BCUT2D eigenvalue weighted by atomic mass is 35.6. The van der Waals surface area contributed by atoms with Crippen LogP contribution in [0.2, 0.25) is 0 Å². The Morgan fingerprint density at radius 3 is 2.29 bits per heavy atom. The van der Waals surface area contributed by atoms with Crippen molar-refractivity contribution in [2.75, 3.05) is 11.9 Å². The first-order valence-electron chi connectivity index (χ1n) is 16.3. The molecule has 0 saturated heterocycles. The van der Waals surface area contributed by atoms with Gasteiger partial charge in [0.05, 0.1) is 5.56 Å². The molecule has 3 aliphatic rings. The second-order valence-electron chi connectivity index (χ2n) is 13.0. The van der Waals surface area contributed by atoms with Crippen molar-refractivity contribution in [2.24, 2.45) is 0 Å². The van der Waals surface area contributed by atoms with E-state index in [-0.39, 0.29) is 36.7 Å². The molecule has 49 heavy (non-hydrogen) atoms. The Balaban J connectivity index is 1.32. The molecule has 4 heterocycles. The lowest BCUT2D eigenvalue weighted by Gasteiger charge is -2.35. The van der Waals surface area contributed by atoms with Crippen molar-refractivity contribution in [3.63, 3.8) is 0 Å². The first kappa shape index (κ1) is 33.3. The van der Waals surface area contributed by atoms with E-state index in [9.17, 15) is 19.5 Å². The van der Waals surface area contributed by atoms with Gasteiger partial charge in [-0.15, -0.1) is 0 Å². The van der Waals surface area contributed by atoms with E-state index in [2.05, 4.69) is 23.6 Å². The Kier molecular flexibility index (Phi) is 8.80. The lowest BCUT2D eigenvalue weighted by atomic mass is 9.92. The zero-order valence-electron chi connectivity index (χ0n) is 27.1. The van der Waals surface area contributed by atoms with E-state index >= 15 is 0 Å². The van der Waals surface area contributed by atoms with E-state index in [4.69, 9.17) is 39.5 Å². The molecule has 1 N–H and O–H groups in total. The molecule has 12 heteroatoms. The number of amides is 3. The number of phenolic OH excluding ortho intramolecular Hbond substituents is 1. The molecule has 3 aliphatic heterocycles. The minimum atomic E-state index is -2.21. The molecule has 3 aromatic carbocycles. The van der Waals surface area contributed by atoms with Gasteiger partial charge in [-0.3, -0.25) is 14.5 Å². The molecular weight excluding hydrogens is 687 g/mol. The van der Waals surface area contributed by atoms with Crippen LogP contribution in [0.25, 0.3) is 11.3 Å². The number of halogens is 3. The first-order chi connectivity index (χ1) is 23.4. The summed E-state index contributed by atoms with van der Waals surface area (Å²) in [6.07, 6.45) is 2.54. The zero-order valence-corrected chi connectivity index (χ0v) is 29.4. The molecule has 1 atom stereocenters. The number of aromatic hydroxyl groups is 1. The average molecular weight is 722 g/mol. The molecule has 4 aromatic rings. The van der Waals surface area contributed by atoms with Crippen molar-refractivity contribution in [1.29, 1.82) is 0 Å². The SMILES string of the molecule is C[C@@H]1Cc2ccccc2CN1C(=O)c1cc2c(cc1-c1cc(C(=O)N(C)c3ccc(O)cc3)c3n1CCCC3)CN(C(=O)OC(Cl)(Cl)Cl)C2. The van der Waals surface area contributed by atoms with Gasteiger partial charge in [0.25, 0.3) is 11.8 Å². The summed E-state index contributed by atoms with van der Waals surface area (Å²) >= 11 is 17.3. The quantitative estimate of drug-likeness (QED) is 0.217. The third kappa shape index (κ3) is 6.47. The molecule has 0 unspecified atom stereocenters. The summed E-state index contributed by atoms with van der Waals surface area (Å²) in [5, 5.41) is 9.79. The summed E-state index contributed by atoms with van der Waals surface area (Å²) in [7, 11) is 1.71. The molecule has 254 valence electrons. The van der Waals surface area contributed by atoms with E-state index in [0.29, 0.717) is 35.5 Å². The van der Waals surface area contributed by atoms with Gasteiger partial charge in [0.15, 0.2) is 0 Å². The summed E-state index contributed by atoms with van der Waals surface area (Å²) < 4.78 is 4.96. The van der Waals surface area contributed by atoms with Gasteiger partial charge in [-0.25, -0.2) is 4.79 Å². The smallest absolute Gasteiger partial charge is 0.413 e. The van der Waals surface area contributed by atoms with Crippen LogP contribution in [-0.2, 0) is 43.8 Å². The fraction of sp³-hybridized carbons (Fsp3) is 0.324. The van der Waals surface area contributed by atoms with Gasteiger partial charge in [-0.1, -0.05) is 24.3 Å². The lowest BCUT2D eigenvalue weighted by molar-refractivity contribution is 0.0658. The highest BCUT2D eigenvalue weighted by molar-refractivity contribution is 6.66. The Bertz CT molecular complexity index is 1970. The summed E-state index contributed by atoms with van der Waals surface area (Å²) in [6, 6.07) is 20.4. The van der Waals surface area contributed by atoms with Crippen LogP contribution in [0.5, 0.6) is 5.75 Å². The average Bonchev–Trinajstić information content (AvgIpc) is 3.68. The summed E-state index contributed by atoms with van der Waals surface area (Å²) in [5.41, 5.74) is 8.09. The highest BCUT2D eigenvalue weighted by Crippen LogP contribution is 2.39. The van der Waals surface area contributed by atoms with Gasteiger partial charge in [0.2, 0.25) is 0 Å². The van der Waals surface area contributed by atoms with Gasteiger partial charge in [-0.2, -0.15) is 0 Å². The first-order valence-corrected chi connectivity index (χ1v) is 17.4. The molecule has 0 spiro atoms. The molecular formula is C37H35Cl3N4O5. The monoisotopic (exact) mass is 720 g/mol. The van der Waals surface area contributed by atoms with Crippen molar-refractivity contribution in [1.82, 2.24) is 14.4 Å². The largest absolute Gasteiger partial charge is 0.508 e. The zero-order chi connectivity index (χ0) is 34.6. The molecule has 0 bridgehead atoms. The highest BCUT2D eigenvalue weighted by Gasteiger charge is 2.36. The predicted octanol–water partition coefficient (Wildman–Crippen LogP) is 7.84. The number of aromatic nitrogens is 1. The van der Waals surface area contributed by atoms with Crippen molar-refractivity contribution < 1.29 is 24.2 Å². The minimum Gasteiger partial charge on any atom is -0.508 e. The topological polar surface area (TPSA) is 95.3 Å². The van der Waals surface area contributed by atoms with Gasteiger partial charge in [-0.05, 0) is 132 Å². The van der Waals surface area contributed by atoms with E-state index in [1.165, 1.54) is 10.5 Å². The number of benzene rings is 3. The lowest BCUT2D eigenvalue weighted by Crippen LogP contribution is -2.42. The van der Waals surface area contributed by atoms with Crippen LogP contribution < -0.4 is 4.90 Å². The fourth-order valence-electron chi connectivity index (χ4n) is 7.30. The van der Waals surface area contributed by atoms with Crippen LogP contribution in [0, 0.1) is 0 Å². The van der Waals surface area contributed by atoms with Gasteiger partial charge >= 0.3 is 10.1 Å². The molecule has 0 radical (unpaired) electrons. The normalized spacial score (nSPS) is 16.9.